The summed E-state index contributed by atoms with van der Waals surface area (Å²) < 4.78 is 0. The Hall–Kier alpha value is -0.343. The molecule has 0 unspecified atom stereocenters. The van der Waals surface area contributed by atoms with Crippen LogP contribution in [0, 0.1) is 0 Å². The van der Waals surface area contributed by atoms with E-state index in [4.69, 9.17) is 5.11 Å². The summed E-state index contributed by atoms with van der Waals surface area (Å²) in [6, 6.07) is 0. The van der Waals surface area contributed by atoms with Gasteiger partial charge in [-0.05, 0) is 0 Å². The van der Waals surface area contributed by atoms with Crippen LogP contribution in [-0.2, 0) is 19.2 Å². The van der Waals surface area contributed by atoms with Gasteiger partial charge in [0.15, 0.2) is 0 Å². The maximum Gasteiger partial charge on any atom is 2.00 e. The molecular weight excluding hydrogens is 323 g/mol. The summed E-state index contributed by atoms with van der Waals surface area (Å²) in [4.78, 5) is 43.7. The van der Waals surface area contributed by atoms with Crippen molar-refractivity contribution in [2.24, 2.45) is 0 Å². The van der Waals surface area contributed by atoms with Crippen molar-refractivity contribution in [2.75, 3.05) is 39.3 Å². The number of carboxylic acid groups (broad SMARTS) is 4. The molecule has 0 saturated heterocycles. The zero-order chi connectivity index (χ0) is 15.7. The molecular formula is C10H13CaLiN2O8. The zero-order valence-electron chi connectivity index (χ0n) is 12.1. The van der Waals surface area contributed by atoms with E-state index in [1.165, 1.54) is 0 Å². The molecule has 0 bridgehead atoms. The van der Waals surface area contributed by atoms with Gasteiger partial charge in [0, 0.05) is 32.7 Å². The van der Waals surface area contributed by atoms with E-state index in [0.29, 0.717) is 0 Å². The number of carbonyl (C=O) groups excluding carboxylic acids is 3. The Labute approximate surface area is 168 Å². The smallest absolute Gasteiger partial charge is 0.549 e. The van der Waals surface area contributed by atoms with Crippen LogP contribution in [0.3, 0.4) is 0 Å². The van der Waals surface area contributed by atoms with Gasteiger partial charge in [-0.1, -0.05) is 0 Å². The molecule has 0 aliphatic carbocycles. The van der Waals surface area contributed by atoms with Gasteiger partial charge in [-0.25, -0.2) is 0 Å². The number of hydrogen-bond donors (Lipinski definition) is 1. The second kappa shape index (κ2) is 14.3. The van der Waals surface area contributed by atoms with E-state index in [1.807, 2.05) is 0 Å². The topological polar surface area (TPSA) is 164 Å². The molecule has 0 radical (unpaired) electrons. The van der Waals surface area contributed by atoms with Gasteiger partial charge in [-0.3, -0.25) is 14.6 Å². The van der Waals surface area contributed by atoms with Crippen LogP contribution in [0.4, 0.5) is 0 Å². The van der Waals surface area contributed by atoms with Gasteiger partial charge in [0.05, 0.1) is 24.5 Å². The monoisotopic (exact) mass is 336 g/mol. The first-order valence-corrected chi connectivity index (χ1v) is 5.46. The van der Waals surface area contributed by atoms with E-state index in [0.717, 1.165) is 9.80 Å². The molecule has 0 aromatic rings. The van der Waals surface area contributed by atoms with Crippen molar-refractivity contribution in [3.63, 3.8) is 0 Å². The molecule has 0 atom stereocenters. The predicted octanol–water partition coefficient (Wildman–Crippen LogP) is -9.45. The first-order valence-electron chi connectivity index (χ1n) is 5.46. The molecule has 0 aromatic heterocycles. The van der Waals surface area contributed by atoms with Crippen molar-refractivity contribution in [2.45, 2.75) is 0 Å². The van der Waals surface area contributed by atoms with Gasteiger partial charge in [-0.15, -0.1) is 0 Å². The molecule has 0 aromatic carbocycles. The Morgan fingerprint density at radius 1 is 0.727 bits per heavy atom. The first-order chi connectivity index (χ1) is 9.20. The summed E-state index contributed by atoms with van der Waals surface area (Å²) >= 11 is 0. The van der Waals surface area contributed by atoms with Crippen molar-refractivity contribution in [1.29, 1.82) is 0 Å². The summed E-state index contributed by atoms with van der Waals surface area (Å²) in [5.41, 5.74) is 0. The maximum absolute atomic E-state index is 10.5. The van der Waals surface area contributed by atoms with Crippen LogP contribution >= 0.6 is 0 Å². The number of nitrogens with zero attached hydrogens (tertiary/aromatic N) is 2. The third kappa shape index (κ3) is 16.0. The van der Waals surface area contributed by atoms with Crippen molar-refractivity contribution < 1.29 is 58.5 Å². The van der Waals surface area contributed by atoms with Crippen LogP contribution in [0.25, 0.3) is 0 Å². The summed E-state index contributed by atoms with van der Waals surface area (Å²) in [7, 11) is 0. The molecule has 0 aliphatic rings. The molecule has 12 heteroatoms. The predicted molar refractivity (Wildman–Crippen MR) is 61.3 cm³/mol. The van der Waals surface area contributed by atoms with Crippen LogP contribution in [0.5, 0.6) is 0 Å². The Morgan fingerprint density at radius 2 is 1.00 bits per heavy atom. The number of rotatable bonds is 11. The van der Waals surface area contributed by atoms with Gasteiger partial charge in [-0.2, -0.15) is 0 Å². The second-order valence-corrected chi connectivity index (χ2v) is 3.93. The van der Waals surface area contributed by atoms with Crippen LogP contribution in [0.1, 0.15) is 0 Å². The van der Waals surface area contributed by atoms with Gasteiger partial charge in [0.1, 0.15) is 0 Å². The number of carbonyl (C=O) groups is 4. The Balaban J connectivity index is -0.00000180. The van der Waals surface area contributed by atoms with Crippen molar-refractivity contribution in [3.8, 4) is 0 Å². The van der Waals surface area contributed by atoms with E-state index in [1.54, 1.807) is 0 Å². The molecule has 114 valence electrons. The van der Waals surface area contributed by atoms with E-state index in [-0.39, 0.29) is 69.7 Å². The number of aliphatic carboxylic acids is 4. The largest absolute Gasteiger partial charge is 2.00 e. The summed E-state index contributed by atoms with van der Waals surface area (Å²) in [6.45, 7) is -3.00. The average Bonchev–Trinajstić information content (AvgIpc) is 2.22. The summed E-state index contributed by atoms with van der Waals surface area (Å²) in [5.74, 6) is -5.82. The van der Waals surface area contributed by atoms with Gasteiger partial charge >= 0.3 is 62.6 Å². The molecule has 1 N–H and O–H groups in total. The minimum absolute atomic E-state index is 0. The normalized spacial score (nSPS) is 9.73. The van der Waals surface area contributed by atoms with Crippen LogP contribution in [-0.4, -0.2) is 116 Å². The number of hydrogen-bond acceptors (Lipinski definition) is 9. The molecule has 10 nitrogen and oxygen atoms in total. The molecule has 0 aliphatic heterocycles. The third-order valence-corrected chi connectivity index (χ3v) is 2.15. The van der Waals surface area contributed by atoms with E-state index >= 15 is 0 Å². The fraction of sp³-hybridized carbons (Fsp3) is 0.600. The van der Waals surface area contributed by atoms with Gasteiger partial charge in [0.25, 0.3) is 0 Å². The van der Waals surface area contributed by atoms with Gasteiger partial charge < -0.3 is 34.8 Å². The molecule has 0 saturated carbocycles. The summed E-state index contributed by atoms with van der Waals surface area (Å²) in [5, 5.41) is 39.8. The standard InChI is InChI=1S/C10H16N2O8.Ca.Li/c13-7(14)3-11(4-8(15)16)1-2-12(5-9(17)18)6-10(19)20;;/h1-6H2,(H,13,14)(H,15,16)(H,17,18)(H,19,20);;/q;+2;+1/p-3. The van der Waals surface area contributed by atoms with Crippen LogP contribution in [0.15, 0.2) is 0 Å². The molecule has 0 spiro atoms. The minimum Gasteiger partial charge on any atom is -0.549 e. The fourth-order valence-electron chi connectivity index (χ4n) is 1.45. The minimum atomic E-state index is -1.52. The average molecular weight is 336 g/mol. The molecule has 0 heterocycles. The Kier molecular flexibility index (Phi) is 17.2. The molecule has 22 heavy (non-hydrogen) atoms. The SMILES string of the molecule is O=C([O-])CN(CCN(CC(=O)[O-])CC(=O)O)CC(=O)[O-].[Ca+2].[Li+]. The van der Waals surface area contributed by atoms with Crippen molar-refractivity contribution >= 4 is 61.6 Å². The second-order valence-electron chi connectivity index (χ2n) is 3.93. The first kappa shape index (κ1) is 26.5. The van der Waals surface area contributed by atoms with E-state index in [9.17, 15) is 34.5 Å². The number of carboxylic acids is 4. The molecule has 0 fully saturated rings. The molecule has 0 amide bonds. The van der Waals surface area contributed by atoms with Crippen LogP contribution < -0.4 is 34.2 Å². The van der Waals surface area contributed by atoms with Crippen LogP contribution in [0.2, 0.25) is 0 Å². The van der Waals surface area contributed by atoms with Gasteiger partial charge in [0.2, 0.25) is 0 Å². The van der Waals surface area contributed by atoms with Crippen molar-refractivity contribution in [3.05, 3.63) is 0 Å². The van der Waals surface area contributed by atoms with E-state index in [2.05, 4.69) is 0 Å². The Bertz CT molecular complexity index is 327. The van der Waals surface area contributed by atoms with Crippen molar-refractivity contribution in [1.82, 2.24) is 9.80 Å². The van der Waals surface area contributed by atoms with E-state index < -0.39 is 50.1 Å². The molecule has 0 rings (SSSR count). The third-order valence-electron chi connectivity index (χ3n) is 2.15. The maximum atomic E-state index is 10.5. The zero-order valence-corrected chi connectivity index (χ0v) is 14.4. The fourth-order valence-corrected chi connectivity index (χ4v) is 1.45. The summed E-state index contributed by atoms with van der Waals surface area (Å²) in [6.07, 6.45) is 0. The quantitative estimate of drug-likeness (QED) is 0.358. The Morgan fingerprint density at radius 3 is 1.23 bits per heavy atom.